The van der Waals surface area contributed by atoms with Crippen LogP contribution in [0.1, 0.15) is 31.0 Å². The molecule has 0 amide bonds. The molecule has 2 rings (SSSR count). The van der Waals surface area contributed by atoms with Crippen LogP contribution in [0.15, 0.2) is 42.5 Å². The standard InChI is InChI=1S/C17H18ClF2N/c1-11(10-13-6-3-4-7-14(13)18)21-12(2)17-15(19)8-5-9-16(17)20/h3-9,11-12,21H,10H2,1-2H3. The monoisotopic (exact) mass is 309 g/mol. The van der Waals surface area contributed by atoms with E-state index in [4.69, 9.17) is 11.6 Å². The van der Waals surface area contributed by atoms with Crippen molar-refractivity contribution < 1.29 is 8.78 Å². The summed E-state index contributed by atoms with van der Waals surface area (Å²) in [4.78, 5) is 0. The molecule has 0 bridgehead atoms. The second kappa shape index (κ2) is 7.01. The molecule has 4 heteroatoms. The van der Waals surface area contributed by atoms with E-state index in [2.05, 4.69) is 5.32 Å². The molecule has 0 aromatic heterocycles. The van der Waals surface area contributed by atoms with Crippen molar-refractivity contribution in [1.82, 2.24) is 5.32 Å². The molecule has 1 N–H and O–H groups in total. The molecule has 2 atom stereocenters. The molecule has 0 heterocycles. The van der Waals surface area contributed by atoms with E-state index in [-0.39, 0.29) is 11.6 Å². The first-order valence-corrected chi connectivity index (χ1v) is 7.30. The highest BCUT2D eigenvalue weighted by molar-refractivity contribution is 6.31. The highest BCUT2D eigenvalue weighted by Gasteiger charge is 2.18. The van der Waals surface area contributed by atoms with Crippen LogP contribution < -0.4 is 5.32 Å². The van der Waals surface area contributed by atoms with E-state index in [1.807, 2.05) is 31.2 Å². The molecule has 1 nitrogen and oxygen atoms in total. The van der Waals surface area contributed by atoms with Crippen LogP contribution in [0, 0.1) is 11.6 Å². The van der Waals surface area contributed by atoms with Crippen molar-refractivity contribution in [3.63, 3.8) is 0 Å². The lowest BCUT2D eigenvalue weighted by Crippen LogP contribution is -2.31. The Morgan fingerprint density at radius 3 is 2.24 bits per heavy atom. The molecule has 0 spiro atoms. The molecule has 0 saturated heterocycles. The molecule has 2 unspecified atom stereocenters. The van der Waals surface area contributed by atoms with E-state index in [0.717, 1.165) is 5.56 Å². The topological polar surface area (TPSA) is 12.0 Å². The quantitative estimate of drug-likeness (QED) is 0.828. The minimum atomic E-state index is -0.528. The lowest BCUT2D eigenvalue weighted by Gasteiger charge is -2.21. The van der Waals surface area contributed by atoms with Crippen molar-refractivity contribution in [3.8, 4) is 0 Å². The Bertz CT molecular complexity index is 595. The van der Waals surface area contributed by atoms with Gasteiger partial charge in [0.05, 0.1) is 0 Å². The van der Waals surface area contributed by atoms with Gasteiger partial charge in [0.25, 0.3) is 0 Å². The van der Waals surface area contributed by atoms with Gasteiger partial charge in [-0.3, -0.25) is 0 Å². The van der Waals surface area contributed by atoms with Crippen molar-refractivity contribution >= 4 is 11.6 Å². The summed E-state index contributed by atoms with van der Waals surface area (Å²) in [6, 6.07) is 11.1. The maximum absolute atomic E-state index is 13.7. The minimum absolute atomic E-state index is 0.0407. The van der Waals surface area contributed by atoms with Crippen molar-refractivity contribution in [3.05, 3.63) is 70.2 Å². The average Bonchev–Trinajstić information content (AvgIpc) is 2.41. The predicted molar refractivity (Wildman–Crippen MR) is 82.5 cm³/mol. The third-order valence-corrected chi connectivity index (χ3v) is 3.82. The Labute approximate surface area is 128 Å². The number of nitrogens with one attached hydrogen (secondary N) is 1. The third-order valence-electron chi connectivity index (χ3n) is 3.45. The zero-order chi connectivity index (χ0) is 15.4. The smallest absolute Gasteiger partial charge is 0.130 e. The number of rotatable bonds is 5. The van der Waals surface area contributed by atoms with Gasteiger partial charge in [0.1, 0.15) is 11.6 Å². The van der Waals surface area contributed by atoms with Gasteiger partial charge in [0.15, 0.2) is 0 Å². The highest BCUT2D eigenvalue weighted by Crippen LogP contribution is 2.22. The van der Waals surface area contributed by atoms with Gasteiger partial charge >= 0.3 is 0 Å². The van der Waals surface area contributed by atoms with Crippen LogP contribution in [0.4, 0.5) is 8.78 Å². The molecule has 21 heavy (non-hydrogen) atoms. The fraction of sp³-hybridized carbons (Fsp3) is 0.294. The number of hydrogen-bond donors (Lipinski definition) is 1. The maximum atomic E-state index is 13.7. The summed E-state index contributed by atoms with van der Waals surface area (Å²) >= 11 is 6.12. The van der Waals surface area contributed by atoms with Crippen LogP contribution in [-0.4, -0.2) is 6.04 Å². The van der Waals surface area contributed by atoms with Crippen molar-refractivity contribution in [1.29, 1.82) is 0 Å². The Kier molecular flexibility index (Phi) is 5.32. The number of halogens is 3. The number of benzene rings is 2. The van der Waals surface area contributed by atoms with E-state index >= 15 is 0 Å². The Morgan fingerprint density at radius 2 is 1.62 bits per heavy atom. The zero-order valence-electron chi connectivity index (χ0n) is 12.0. The second-order valence-corrected chi connectivity index (χ2v) is 5.63. The molecule has 0 fully saturated rings. The van der Waals surface area contributed by atoms with Crippen molar-refractivity contribution in [2.45, 2.75) is 32.4 Å². The Hall–Kier alpha value is -1.45. The van der Waals surface area contributed by atoms with E-state index in [9.17, 15) is 8.78 Å². The van der Waals surface area contributed by atoms with E-state index in [1.165, 1.54) is 18.2 Å². The summed E-state index contributed by atoms with van der Waals surface area (Å²) in [5.74, 6) is -1.06. The summed E-state index contributed by atoms with van der Waals surface area (Å²) in [6.07, 6.45) is 0.695. The predicted octanol–water partition coefficient (Wildman–Crippen LogP) is 4.90. The average molecular weight is 310 g/mol. The van der Waals surface area contributed by atoms with E-state index in [0.29, 0.717) is 11.4 Å². The van der Waals surface area contributed by atoms with Gasteiger partial charge in [0, 0.05) is 22.7 Å². The fourth-order valence-corrected chi connectivity index (χ4v) is 2.70. The molecular formula is C17H18ClF2N. The highest BCUT2D eigenvalue weighted by atomic mass is 35.5. The molecule has 0 aliphatic heterocycles. The molecular weight excluding hydrogens is 292 g/mol. The van der Waals surface area contributed by atoms with Gasteiger partial charge in [0.2, 0.25) is 0 Å². The molecule has 112 valence electrons. The molecule has 0 saturated carbocycles. The summed E-state index contributed by atoms with van der Waals surface area (Å²) in [5, 5.41) is 3.92. The van der Waals surface area contributed by atoms with Gasteiger partial charge in [-0.1, -0.05) is 35.9 Å². The summed E-state index contributed by atoms with van der Waals surface area (Å²) in [7, 11) is 0. The lowest BCUT2D eigenvalue weighted by molar-refractivity contribution is 0.440. The van der Waals surface area contributed by atoms with Crippen molar-refractivity contribution in [2.24, 2.45) is 0 Å². The summed E-state index contributed by atoms with van der Waals surface area (Å²) in [6.45, 7) is 3.73. The first kappa shape index (κ1) is 15.9. The third kappa shape index (κ3) is 4.02. The molecule has 0 aliphatic carbocycles. The molecule has 0 radical (unpaired) electrons. The van der Waals surface area contributed by atoms with E-state index in [1.54, 1.807) is 6.92 Å². The first-order valence-electron chi connectivity index (χ1n) is 6.92. The summed E-state index contributed by atoms with van der Waals surface area (Å²) in [5.41, 5.74) is 1.09. The lowest BCUT2D eigenvalue weighted by atomic mass is 10.0. The van der Waals surface area contributed by atoms with Crippen LogP contribution >= 0.6 is 11.6 Å². The zero-order valence-corrected chi connectivity index (χ0v) is 12.8. The maximum Gasteiger partial charge on any atom is 0.130 e. The van der Waals surface area contributed by atoms with Crippen LogP contribution in [0.25, 0.3) is 0 Å². The molecule has 2 aromatic carbocycles. The summed E-state index contributed by atoms with van der Waals surface area (Å²) < 4.78 is 27.5. The largest absolute Gasteiger partial charge is 0.307 e. The molecule has 0 aliphatic rings. The molecule has 2 aromatic rings. The normalized spacial score (nSPS) is 14.0. The fourth-order valence-electron chi connectivity index (χ4n) is 2.49. The van der Waals surface area contributed by atoms with Gasteiger partial charge < -0.3 is 5.32 Å². The Balaban J connectivity index is 2.06. The van der Waals surface area contributed by atoms with Gasteiger partial charge in [-0.05, 0) is 44.0 Å². The SMILES string of the molecule is CC(Cc1ccccc1Cl)NC(C)c1c(F)cccc1F. The minimum Gasteiger partial charge on any atom is -0.307 e. The van der Waals surface area contributed by atoms with Gasteiger partial charge in [-0.2, -0.15) is 0 Å². The number of hydrogen-bond acceptors (Lipinski definition) is 1. The van der Waals surface area contributed by atoms with Crippen LogP contribution in [-0.2, 0) is 6.42 Å². The van der Waals surface area contributed by atoms with Crippen LogP contribution in [0.2, 0.25) is 5.02 Å². The van der Waals surface area contributed by atoms with Crippen LogP contribution in [0.3, 0.4) is 0 Å². The first-order chi connectivity index (χ1) is 9.99. The Morgan fingerprint density at radius 1 is 1.00 bits per heavy atom. The van der Waals surface area contributed by atoms with Gasteiger partial charge in [-0.15, -0.1) is 0 Å². The van der Waals surface area contributed by atoms with Crippen molar-refractivity contribution in [2.75, 3.05) is 0 Å². The second-order valence-electron chi connectivity index (χ2n) is 5.22. The van der Waals surface area contributed by atoms with E-state index < -0.39 is 17.7 Å². The van der Waals surface area contributed by atoms with Crippen LogP contribution in [0.5, 0.6) is 0 Å². The van der Waals surface area contributed by atoms with Gasteiger partial charge in [-0.25, -0.2) is 8.78 Å².